The number of carboxylic acid groups (broad SMARTS) is 1. The van der Waals surface area contributed by atoms with Crippen molar-refractivity contribution in [3.05, 3.63) is 0 Å². The van der Waals surface area contributed by atoms with Crippen molar-refractivity contribution < 1.29 is 19.5 Å². The number of amides is 1. The molecule has 0 bridgehead atoms. The van der Waals surface area contributed by atoms with Gasteiger partial charge >= 0.3 is 5.97 Å². The maximum absolute atomic E-state index is 12.3. The Kier molecular flexibility index (Phi) is 3.54. The molecule has 1 aliphatic carbocycles. The van der Waals surface area contributed by atoms with E-state index in [4.69, 9.17) is 9.94 Å². The molecule has 100 valence electrons. The van der Waals surface area contributed by atoms with E-state index in [0.717, 1.165) is 12.8 Å². The van der Waals surface area contributed by atoms with Crippen LogP contribution in [0, 0.1) is 5.92 Å². The highest BCUT2D eigenvalue weighted by Gasteiger charge is 2.40. The highest BCUT2D eigenvalue weighted by Crippen LogP contribution is 2.29. The molecule has 6 heteroatoms. The van der Waals surface area contributed by atoms with Gasteiger partial charge in [-0.15, -0.1) is 0 Å². The monoisotopic (exact) mass is 254 g/mol. The second kappa shape index (κ2) is 4.96. The Labute approximate surface area is 106 Å². The first kappa shape index (κ1) is 12.9. The van der Waals surface area contributed by atoms with Crippen LogP contribution in [-0.4, -0.2) is 46.3 Å². The van der Waals surface area contributed by atoms with Gasteiger partial charge in [0.05, 0.1) is 0 Å². The largest absolute Gasteiger partial charge is 0.477 e. The highest BCUT2D eigenvalue weighted by atomic mass is 16.6. The van der Waals surface area contributed by atoms with Crippen LogP contribution < -0.4 is 0 Å². The third-order valence-corrected chi connectivity index (χ3v) is 3.02. The molecule has 2 rings (SSSR count). The molecule has 1 atom stereocenters. The molecule has 0 radical (unpaired) electrons. The summed E-state index contributed by atoms with van der Waals surface area (Å²) in [4.78, 5) is 29.8. The predicted octanol–water partition coefficient (Wildman–Crippen LogP) is 0.863. The molecule has 0 aromatic rings. The van der Waals surface area contributed by atoms with Gasteiger partial charge in [-0.2, -0.15) is 0 Å². The number of rotatable bonds is 5. The van der Waals surface area contributed by atoms with Crippen molar-refractivity contribution in [1.29, 1.82) is 0 Å². The number of nitrogens with zero attached hydrogens (tertiary/aromatic N) is 2. The van der Waals surface area contributed by atoms with Crippen molar-refractivity contribution >= 4 is 17.6 Å². The summed E-state index contributed by atoms with van der Waals surface area (Å²) in [6.45, 7) is 4.79. The van der Waals surface area contributed by atoms with Gasteiger partial charge in [0.25, 0.3) is 5.91 Å². The first-order chi connectivity index (χ1) is 8.49. The first-order valence-corrected chi connectivity index (χ1v) is 6.25. The minimum absolute atomic E-state index is 0.0650. The lowest BCUT2D eigenvalue weighted by Gasteiger charge is -2.26. The van der Waals surface area contributed by atoms with E-state index in [-0.39, 0.29) is 18.0 Å². The topological polar surface area (TPSA) is 79.2 Å². The zero-order valence-corrected chi connectivity index (χ0v) is 10.6. The smallest absolute Gasteiger partial charge is 0.353 e. The SMILES string of the molecule is CC(C)CN(C(=O)C1CC(C(=O)O)=NO1)C1CC1. The van der Waals surface area contributed by atoms with Crippen molar-refractivity contribution in [2.45, 2.75) is 45.3 Å². The van der Waals surface area contributed by atoms with Crippen LogP contribution in [0.4, 0.5) is 0 Å². The summed E-state index contributed by atoms with van der Waals surface area (Å²) in [6, 6.07) is 0.303. The molecule has 0 saturated heterocycles. The third kappa shape index (κ3) is 2.80. The van der Waals surface area contributed by atoms with Gasteiger partial charge in [0.2, 0.25) is 6.10 Å². The summed E-state index contributed by atoms with van der Waals surface area (Å²) >= 11 is 0. The Morgan fingerprint density at radius 3 is 2.61 bits per heavy atom. The molecule has 1 aliphatic heterocycles. The summed E-state index contributed by atoms with van der Waals surface area (Å²) < 4.78 is 0. The Morgan fingerprint density at radius 1 is 1.50 bits per heavy atom. The Hall–Kier alpha value is -1.59. The fourth-order valence-corrected chi connectivity index (χ4v) is 2.02. The average Bonchev–Trinajstić information content (AvgIpc) is 3.00. The van der Waals surface area contributed by atoms with Crippen molar-refractivity contribution in [3.63, 3.8) is 0 Å². The van der Waals surface area contributed by atoms with Crippen LogP contribution in [-0.2, 0) is 14.4 Å². The van der Waals surface area contributed by atoms with E-state index in [1.54, 1.807) is 0 Å². The lowest BCUT2D eigenvalue weighted by atomic mass is 10.1. The van der Waals surface area contributed by atoms with Gasteiger partial charge in [-0.3, -0.25) is 4.79 Å². The zero-order valence-electron chi connectivity index (χ0n) is 10.6. The van der Waals surface area contributed by atoms with Crippen molar-refractivity contribution in [2.24, 2.45) is 11.1 Å². The molecular weight excluding hydrogens is 236 g/mol. The fraction of sp³-hybridized carbons (Fsp3) is 0.750. The predicted molar refractivity (Wildman–Crippen MR) is 64.1 cm³/mol. The molecule has 1 saturated carbocycles. The number of hydrogen-bond acceptors (Lipinski definition) is 4. The second-order valence-corrected chi connectivity index (χ2v) is 5.26. The first-order valence-electron chi connectivity index (χ1n) is 6.25. The van der Waals surface area contributed by atoms with Crippen LogP contribution >= 0.6 is 0 Å². The van der Waals surface area contributed by atoms with Gasteiger partial charge in [-0.05, 0) is 18.8 Å². The van der Waals surface area contributed by atoms with Crippen LogP contribution in [0.2, 0.25) is 0 Å². The molecule has 0 aromatic carbocycles. The second-order valence-electron chi connectivity index (χ2n) is 5.26. The Balaban J connectivity index is 1.96. The fourth-order valence-electron chi connectivity index (χ4n) is 2.02. The van der Waals surface area contributed by atoms with Gasteiger partial charge in [-0.25, -0.2) is 4.79 Å². The van der Waals surface area contributed by atoms with E-state index in [1.165, 1.54) is 0 Å². The average molecular weight is 254 g/mol. The van der Waals surface area contributed by atoms with Gasteiger partial charge < -0.3 is 14.8 Å². The maximum atomic E-state index is 12.3. The van der Waals surface area contributed by atoms with Crippen molar-refractivity contribution in [1.82, 2.24) is 4.90 Å². The van der Waals surface area contributed by atoms with E-state index < -0.39 is 12.1 Å². The molecule has 1 heterocycles. The minimum atomic E-state index is -1.12. The Morgan fingerprint density at radius 2 is 2.17 bits per heavy atom. The molecule has 2 aliphatic rings. The number of carboxylic acids is 1. The number of aliphatic carboxylic acids is 1. The highest BCUT2D eigenvalue weighted by molar-refractivity contribution is 6.36. The maximum Gasteiger partial charge on any atom is 0.353 e. The lowest BCUT2D eigenvalue weighted by Crippen LogP contribution is -2.42. The normalized spacial score (nSPS) is 22.6. The van der Waals surface area contributed by atoms with E-state index >= 15 is 0 Å². The molecule has 1 N–H and O–H groups in total. The van der Waals surface area contributed by atoms with Gasteiger partial charge in [0.15, 0.2) is 5.71 Å². The summed E-state index contributed by atoms with van der Waals surface area (Å²) in [5, 5.41) is 12.2. The van der Waals surface area contributed by atoms with E-state index in [0.29, 0.717) is 18.5 Å². The number of hydrogen-bond donors (Lipinski definition) is 1. The third-order valence-electron chi connectivity index (χ3n) is 3.02. The van der Waals surface area contributed by atoms with Crippen molar-refractivity contribution in [2.75, 3.05) is 6.54 Å². The molecule has 18 heavy (non-hydrogen) atoms. The zero-order chi connectivity index (χ0) is 13.3. The van der Waals surface area contributed by atoms with Gasteiger partial charge in [-0.1, -0.05) is 19.0 Å². The summed E-state index contributed by atoms with van der Waals surface area (Å²) in [7, 11) is 0. The van der Waals surface area contributed by atoms with Gasteiger partial charge in [0, 0.05) is 19.0 Å². The molecule has 6 nitrogen and oxygen atoms in total. The standard InChI is InChI=1S/C12H18N2O4/c1-7(2)6-14(8-3-4-8)11(15)10-5-9(12(16)17)13-18-10/h7-8,10H,3-6H2,1-2H3,(H,16,17). The number of oxime groups is 1. The molecule has 1 fully saturated rings. The van der Waals surface area contributed by atoms with Gasteiger partial charge in [0.1, 0.15) is 0 Å². The van der Waals surface area contributed by atoms with Crippen LogP contribution in [0.25, 0.3) is 0 Å². The minimum Gasteiger partial charge on any atom is -0.477 e. The molecule has 0 aromatic heterocycles. The number of carbonyl (C=O) groups excluding carboxylic acids is 1. The molecular formula is C12H18N2O4. The quantitative estimate of drug-likeness (QED) is 0.789. The lowest BCUT2D eigenvalue weighted by molar-refractivity contribution is -0.143. The molecule has 0 spiro atoms. The molecule has 1 unspecified atom stereocenters. The van der Waals surface area contributed by atoms with Crippen LogP contribution in [0.15, 0.2) is 5.16 Å². The number of carbonyl (C=O) groups is 2. The summed E-state index contributed by atoms with van der Waals surface area (Å²) in [6.07, 6.45) is 1.36. The van der Waals surface area contributed by atoms with Crippen LogP contribution in [0.1, 0.15) is 33.1 Å². The van der Waals surface area contributed by atoms with E-state index in [1.807, 2.05) is 4.90 Å². The van der Waals surface area contributed by atoms with Crippen LogP contribution in [0.3, 0.4) is 0 Å². The van der Waals surface area contributed by atoms with Crippen molar-refractivity contribution in [3.8, 4) is 0 Å². The van der Waals surface area contributed by atoms with E-state index in [9.17, 15) is 9.59 Å². The van der Waals surface area contributed by atoms with E-state index in [2.05, 4.69) is 19.0 Å². The molecule has 1 amide bonds. The Bertz CT molecular complexity index is 388. The summed E-state index contributed by atoms with van der Waals surface area (Å²) in [5.74, 6) is -0.867. The van der Waals surface area contributed by atoms with Crippen LogP contribution in [0.5, 0.6) is 0 Å². The summed E-state index contributed by atoms with van der Waals surface area (Å²) in [5.41, 5.74) is -0.0753.